The third kappa shape index (κ3) is 2.71. The molecule has 0 fully saturated rings. The molecule has 5 rings (SSSR count). The quantitative estimate of drug-likeness (QED) is 0.451. The van der Waals surface area contributed by atoms with Crippen molar-refractivity contribution in [3.8, 4) is 5.75 Å². The second-order valence-corrected chi connectivity index (χ2v) is 7.56. The van der Waals surface area contributed by atoms with Crippen molar-refractivity contribution in [1.29, 1.82) is 0 Å². The van der Waals surface area contributed by atoms with Gasteiger partial charge in [0.1, 0.15) is 10.5 Å². The first-order chi connectivity index (χ1) is 14.1. The maximum absolute atomic E-state index is 13.7. The number of aromatic amines is 2. The molecule has 10 nitrogen and oxygen atoms in total. The highest BCUT2D eigenvalue weighted by Gasteiger charge is 2.20. The van der Waals surface area contributed by atoms with E-state index in [0.717, 1.165) is 15.9 Å². The number of thiazole rings is 1. The molecule has 0 spiro atoms. The Labute approximate surface area is 166 Å². The third-order valence-electron chi connectivity index (χ3n) is 4.77. The molecule has 0 aliphatic heterocycles. The summed E-state index contributed by atoms with van der Waals surface area (Å²) in [5.74, 6) is 0.164. The molecule has 0 aromatic carbocycles. The number of methoxy groups -OCH3 is 1. The van der Waals surface area contributed by atoms with Gasteiger partial charge in [-0.2, -0.15) is 15.3 Å². The molecule has 0 aliphatic rings. The van der Waals surface area contributed by atoms with Gasteiger partial charge in [0.25, 0.3) is 5.56 Å². The van der Waals surface area contributed by atoms with E-state index >= 15 is 0 Å². The van der Waals surface area contributed by atoms with Gasteiger partial charge in [0.05, 0.1) is 48.3 Å². The summed E-state index contributed by atoms with van der Waals surface area (Å²) < 4.78 is 22.8. The van der Waals surface area contributed by atoms with Gasteiger partial charge in [-0.15, -0.1) is 11.3 Å². The average molecular weight is 414 g/mol. The summed E-state index contributed by atoms with van der Waals surface area (Å²) in [7, 11) is 3.32. The Morgan fingerprint density at radius 2 is 2.00 bits per heavy atom. The summed E-state index contributed by atoms with van der Waals surface area (Å²) >= 11 is 1.41. The predicted octanol–water partition coefficient (Wildman–Crippen LogP) is 1.58. The molecule has 0 unspecified atom stereocenters. The van der Waals surface area contributed by atoms with E-state index in [2.05, 4.69) is 30.5 Å². The minimum atomic E-state index is -0.395. The zero-order valence-corrected chi connectivity index (χ0v) is 16.2. The van der Waals surface area contributed by atoms with E-state index in [9.17, 15) is 9.18 Å². The lowest BCUT2D eigenvalue weighted by molar-refractivity contribution is 0.407. The molecule has 5 aromatic heterocycles. The van der Waals surface area contributed by atoms with Crippen LogP contribution in [-0.2, 0) is 20.0 Å². The van der Waals surface area contributed by atoms with Gasteiger partial charge >= 0.3 is 0 Å². The Morgan fingerprint density at radius 1 is 1.21 bits per heavy atom. The van der Waals surface area contributed by atoms with Crippen molar-refractivity contribution < 1.29 is 9.13 Å². The van der Waals surface area contributed by atoms with Crippen molar-refractivity contribution in [1.82, 2.24) is 39.7 Å². The van der Waals surface area contributed by atoms with E-state index in [1.165, 1.54) is 23.1 Å². The highest BCUT2D eigenvalue weighted by atomic mass is 32.1. The molecular formula is C17H15FN8O2S. The van der Waals surface area contributed by atoms with Crippen LogP contribution in [0.4, 0.5) is 4.39 Å². The molecule has 0 radical (unpaired) electrons. The summed E-state index contributed by atoms with van der Waals surface area (Å²) in [6.07, 6.45) is 4.64. The van der Waals surface area contributed by atoms with Crippen molar-refractivity contribution in [2.75, 3.05) is 7.11 Å². The number of nitrogens with zero attached hydrogens (tertiary/aromatic N) is 6. The SMILES string of the molecule is COc1cn[nH]c1Cn1ncc2c3sc(Cc4[nH]ncc4F)nc3n(C)c2c1=O. The maximum atomic E-state index is 13.7. The fourth-order valence-corrected chi connectivity index (χ4v) is 4.45. The number of nitrogens with one attached hydrogen (secondary N) is 2. The number of ether oxygens (including phenoxy) is 1. The van der Waals surface area contributed by atoms with E-state index in [1.807, 2.05) is 0 Å². The van der Waals surface area contributed by atoms with Crippen molar-refractivity contribution in [2.24, 2.45) is 7.05 Å². The number of rotatable bonds is 5. The average Bonchev–Trinajstić information content (AvgIpc) is 3.46. The number of aryl methyl sites for hydroxylation is 1. The van der Waals surface area contributed by atoms with E-state index in [4.69, 9.17) is 4.74 Å². The summed E-state index contributed by atoms with van der Waals surface area (Å²) in [4.78, 5) is 17.6. The highest BCUT2D eigenvalue weighted by molar-refractivity contribution is 7.19. The standard InChI is InChI=1S/C17H15FN8O2S/c1-25-14-8(4-21-26(17(14)27)7-11-12(28-2)6-20-24-11)15-16(25)22-13(29-15)3-10-9(18)5-19-23-10/h4-6H,3,7H2,1-2H3,(H,19,23)(H,20,24). The Balaban J connectivity index is 1.58. The third-order valence-corrected chi connectivity index (χ3v) is 5.85. The van der Waals surface area contributed by atoms with Crippen LogP contribution in [0.3, 0.4) is 0 Å². The zero-order valence-electron chi connectivity index (χ0n) is 15.4. The first kappa shape index (κ1) is 17.6. The normalized spacial score (nSPS) is 11.7. The highest BCUT2D eigenvalue weighted by Crippen LogP contribution is 2.31. The van der Waals surface area contributed by atoms with Crippen LogP contribution in [0.5, 0.6) is 5.75 Å². The summed E-state index contributed by atoms with van der Waals surface area (Å²) in [6.45, 7) is 0.203. The molecule has 2 N–H and O–H groups in total. The molecule has 5 aromatic rings. The van der Waals surface area contributed by atoms with E-state index < -0.39 is 5.82 Å². The Hall–Kier alpha value is -3.54. The van der Waals surface area contributed by atoms with Crippen LogP contribution in [-0.4, -0.2) is 46.8 Å². The number of H-pyrrole nitrogens is 2. The minimum Gasteiger partial charge on any atom is -0.493 e. The van der Waals surface area contributed by atoms with Crippen LogP contribution in [0.15, 0.2) is 23.4 Å². The Kier molecular flexibility index (Phi) is 3.94. The van der Waals surface area contributed by atoms with Gasteiger partial charge in [-0.25, -0.2) is 14.1 Å². The monoisotopic (exact) mass is 414 g/mol. The molecule has 12 heteroatoms. The second kappa shape index (κ2) is 6.51. The minimum absolute atomic E-state index is 0.203. The van der Waals surface area contributed by atoms with Gasteiger partial charge in [-0.3, -0.25) is 15.0 Å². The maximum Gasteiger partial charge on any atom is 0.291 e. The Bertz CT molecular complexity index is 1410. The molecule has 0 atom stereocenters. The Morgan fingerprint density at radius 3 is 2.76 bits per heavy atom. The molecule has 0 saturated carbocycles. The van der Waals surface area contributed by atoms with Crippen LogP contribution in [0.25, 0.3) is 21.3 Å². The molecule has 148 valence electrons. The van der Waals surface area contributed by atoms with E-state index in [1.54, 1.807) is 24.0 Å². The summed E-state index contributed by atoms with van der Waals surface area (Å²) in [6, 6.07) is 0. The number of halogens is 1. The summed E-state index contributed by atoms with van der Waals surface area (Å²) in [5, 5.41) is 18.8. The number of hydrogen-bond donors (Lipinski definition) is 2. The molecule has 0 amide bonds. The van der Waals surface area contributed by atoms with E-state index in [0.29, 0.717) is 40.1 Å². The van der Waals surface area contributed by atoms with Gasteiger partial charge in [-0.1, -0.05) is 0 Å². The topological polar surface area (TPSA) is 119 Å². The van der Waals surface area contributed by atoms with Crippen molar-refractivity contribution in [3.63, 3.8) is 0 Å². The van der Waals surface area contributed by atoms with Crippen LogP contribution < -0.4 is 10.3 Å². The lowest BCUT2D eigenvalue weighted by Crippen LogP contribution is -2.24. The zero-order chi connectivity index (χ0) is 20.1. The van der Waals surface area contributed by atoms with Crippen LogP contribution in [0, 0.1) is 5.82 Å². The first-order valence-corrected chi connectivity index (χ1v) is 9.46. The fraction of sp³-hybridized carbons (Fsp3) is 0.235. The molecule has 0 aliphatic carbocycles. The van der Waals surface area contributed by atoms with Gasteiger partial charge < -0.3 is 9.30 Å². The number of aromatic nitrogens is 8. The van der Waals surface area contributed by atoms with Crippen molar-refractivity contribution in [2.45, 2.75) is 13.0 Å². The van der Waals surface area contributed by atoms with Gasteiger partial charge in [0.15, 0.2) is 17.2 Å². The molecule has 29 heavy (non-hydrogen) atoms. The van der Waals surface area contributed by atoms with Crippen LogP contribution >= 0.6 is 11.3 Å². The van der Waals surface area contributed by atoms with E-state index in [-0.39, 0.29) is 12.1 Å². The van der Waals surface area contributed by atoms with Gasteiger partial charge in [0, 0.05) is 18.9 Å². The largest absolute Gasteiger partial charge is 0.493 e. The molecule has 0 bridgehead atoms. The van der Waals surface area contributed by atoms with Crippen LogP contribution in [0.2, 0.25) is 0 Å². The summed E-state index contributed by atoms with van der Waals surface area (Å²) in [5.41, 5.74) is 1.96. The molecule has 5 heterocycles. The first-order valence-electron chi connectivity index (χ1n) is 8.64. The van der Waals surface area contributed by atoms with Crippen molar-refractivity contribution in [3.05, 3.63) is 51.2 Å². The second-order valence-electron chi connectivity index (χ2n) is 6.48. The van der Waals surface area contributed by atoms with Crippen LogP contribution in [0.1, 0.15) is 16.4 Å². The lowest BCUT2D eigenvalue weighted by atomic mass is 10.3. The van der Waals surface area contributed by atoms with Gasteiger partial charge in [0.2, 0.25) is 0 Å². The number of hydrogen-bond acceptors (Lipinski definition) is 7. The smallest absolute Gasteiger partial charge is 0.291 e. The van der Waals surface area contributed by atoms with Crippen molar-refractivity contribution >= 4 is 32.6 Å². The molecule has 0 saturated heterocycles. The molecular weight excluding hydrogens is 399 g/mol. The predicted molar refractivity (Wildman–Crippen MR) is 104 cm³/mol. The lowest BCUT2D eigenvalue weighted by Gasteiger charge is -2.05. The number of fused-ring (bicyclic) bond motifs is 3. The van der Waals surface area contributed by atoms with Gasteiger partial charge in [-0.05, 0) is 0 Å². The fourth-order valence-electron chi connectivity index (χ4n) is 3.33.